The first-order valence-electron chi connectivity index (χ1n) is 15.2. The minimum Gasteiger partial charge on any atom is -0.506 e. The number of carbonyl (C=O) groups excluding carboxylic acids is 2. The summed E-state index contributed by atoms with van der Waals surface area (Å²) >= 11 is 0. The Labute approximate surface area is 258 Å². The molecule has 0 unspecified atom stereocenters. The molecule has 11 nitrogen and oxygen atoms in total. The maximum atomic E-state index is 14.3. The normalized spacial score (nSPS) is 28.6. The van der Waals surface area contributed by atoms with Crippen LogP contribution in [0.25, 0.3) is 16.8 Å². The van der Waals surface area contributed by atoms with Crippen LogP contribution in [-0.4, -0.2) is 93.1 Å². The van der Waals surface area contributed by atoms with E-state index < -0.39 is 43.1 Å². The molecule has 11 heteroatoms. The molecule has 3 aromatic carbocycles. The Morgan fingerprint density at radius 3 is 2.64 bits per heavy atom. The van der Waals surface area contributed by atoms with Crippen molar-refractivity contribution in [1.29, 1.82) is 0 Å². The molecule has 0 radical (unpaired) electrons. The zero-order chi connectivity index (χ0) is 31.6. The molecule has 0 bridgehead atoms. The summed E-state index contributed by atoms with van der Waals surface area (Å²) in [5.41, 5.74) is 2.96. The number of aliphatic hydroxyl groups excluding tert-OH is 4. The number of nitrogens with zero attached hydrogens (tertiary/aromatic N) is 1. The predicted molar refractivity (Wildman–Crippen MR) is 161 cm³/mol. The highest BCUT2D eigenvalue weighted by molar-refractivity contribution is 6.13. The van der Waals surface area contributed by atoms with Crippen molar-refractivity contribution in [2.75, 3.05) is 20.3 Å². The summed E-state index contributed by atoms with van der Waals surface area (Å²) in [7, 11) is 1.47. The van der Waals surface area contributed by atoms with E-state index in [2.05, 4.69) is 6.08 Å². The van der Waals surface area contributed by atoms with Crippen molar-refractivity contribution in [1.82, 2.24) is 4.90 Å². The van der Waals surface area contributed by atoms with E-state index in [9.17, 15) is 35.1 Å². The van der Waals surface area contributed by atoms with Crippen LogP contribution in [0.3, 0.4) is 0 Å². The standard InChI is InChI=1S/C34H35NO10/c1-43-18-11-22-21-10-9-16-6-4-8-19(16)26(21)28(23(37)14-35-13-17-5-2-3-7-20(17)33(35)42)30(39)27(22)24(12-18)44-34-32(41)31(40)29(38)25(15-36)45-34/h2-3,5,7,9-12,16,19,25,29,31-32,34,36,38-41H,4,6,8,13-15H2,1H3/t16-,19-,25-,29-,31+,32-,34+/m1/s1. The van der Waals surface area contributed by atoms with Gasteiger partial charge in [-0.3, -0.25) is 9.59 Å². The number of hydrogen-bond acceptors (Lipinski definition) is 10. The van der Waals surface area contributed by atoms with Gasteiger partial charge >= 0.3 is 0 Å². The fourth-order valence-electron chi connectivity index (χ4n) is 7.42. The summed E-state index contributed by atoms with van der Waals surface area (Å²) < 4.78 is 17.2. The van der Waals surface area contributed by atoms with Crippen molar-refractivity contribution < 1.29 is 49.3 Å². The van der Waals surface area contributed by atoms with Gasteiger partial charge in [0.25, 0.3) is 5.91 Å². The summed E-state index contributed by atoms with van der Waals surface area (Å²) in [4.78, 5) is 28.9. The van der Waals surface area contributed by atoms with Gasteiger partial charge in [-0.2, -0.15) is 0 Å². The topological polar surface area (TPSA) is 166 Å². The fourth-order valence-corrected chi connectivity index (χ4v) is 7.42. The van der Waals surface area contributed by atoms with Crippen molar-refractivity contribution in [3.05, 3.63) is 70.3 Å². The van der Waals surface area contributed by atoms with E-state index in [1.807, 2.05) is 18.2 Å². The average molecular weight is 618 g/mol. The third kappa shape index (κ3) is 4.77. The Balaban J connectivity index is 1.36. The van der Waals surface area contributed by atoms with Gasteiger partial charge in [-0.25, -0.2) is 0 Å². The first-order chi connectivity index (χ1) is 21.7. The Morgan fingerprint density at radius 2 is 1.89 bits per heavy atom. The molecule has 5 N–H and O–H groups in total. The quantitative estimate of drug-likeness (QED) is 0.249. The van der Waals surface area contributed by atoms with E-state index in [0.717, 1.165) is 36.0 Å². The van der Waals surface area contributed by atoms with Crippen LogP contribution >= 0.6 is 0 Å². The number of fused-ring (bicyclic) bond motifs is 6. The van der Waals surface area contributed by atoms with E-state index in [1.54, 1.807) is 18.2 Å². The lowest BCUT2D eigenvalue weighted by molar-refractivity contribution is -0.277. The molecule has 4 aliphatic rings. The van der Waals surface area contributed by atoms with Crippen LogP contribution in [0.2, 0.25) is 0 Å². The lowest BCUT2D eigenvalue weighted by Crippen LogP contribution is -2.60. The number of aliphatic hydroxyl groups is 4. The number of aromatic hydroxyl groups is 1. The number of amides is 1. The van der Waals surface area contributed by atoms with Crippen molar-refractivity contribution in [2.45, 2.75) is 62.4 Å². The number of benzene rings is 3. The SMILES string of the molecule is COc1cc(O[C@H]2O[C@H](CO)[C@@H](O)[C@H](O)[C@H]2O)c2c(O)c(C(=O)CN3Cc4ccccc4C3=O)c3c(c2c1)C=C[C@H]1CCC[C@@H]31. The Bertz CT molecular complexity index is 1720. The minimum atomic E-state index is -1.70. The second-order valence-electron chi connectivity index (χ2n) is 12.2. The summed E-state index contributed by atoms with van der Waals surface area (Å²) in [5, 5.41) is 53.8. The number of ether oxygens (including phenoxy) is 3. The molecule has 2 aliphatic heterocycles. The second kappa shape index (κ2) is 11.4. The maximum absolute atomic E-state index is 14.3. The number of methoxy groups -OCH3 is 1. The van der Waals surface area contributed by atoms with E-state index >= 15 is 0 Å². The molecule has 1 saturated heterocycles. The highest BCUT2D eigenvalue weighted by Crippen LogP contribution is 2.53. The molecule has 236 valence electrons. The van der Waals surface area contributed by atoms with Crippen LogP contribution in [0, 0.1) is 5.92 Å². The van der Waals surface area contributed by atoms with Gasteiger partial charge in [0, 0.05) is 23.6 Å². The van der Waals surface area contributed by atoms with Gasteiger partial charge in [-0.05, 0) is 53.5 Å². The van der Waals surface area contributed by atoms with Gasteiger partial charge in [-0.1, -0.05) is 36.8 Å². The van der Waals surface area contributed by atoms with Crippen LogP contribution in [0.15, 0.2) is 42.5 Å². The monoisotopic (exact) mass is 617 g/mol. The number of carbonyl (C=O) groups is 2. The molecule has 45 heavy (non-hydrogen) atoms. The Hall–Kier alpha value is -4.00. The molecule has 7 atom stereocenters. The van der Waals surface area contributed by atoms with E-state index in [0.29, 0.717) is 16.7 Å². The van der Waals surface area contributed by atoms with Gasteiger partial charge < -0.3 is 44.6 Å². The van der Waals surface area contributed by atoms with E-state index in [4.69, 9.17) is 14.2 Å². The molecular weight excluding hydrogens is 582 g/mol. The van der Waals surface area contributed by atoms with Crippen molar-refractivity contribution in [2.24, 2.45) is 5.92 Å². The van der Waals surface area contributed by atoms with Crippen molar-refractivity contribution >= 4 is 28.5 Å². The molecule has 0 aromatic heterocycles. The number of hydrogen-bond donors (Lipinski definition) is 5. The number of ketones is 1. The summed E-state index contributed by atoms with van der Waals surface area (Å²) in [6.07, 6.45) is -0.885. The predicted octanol–water partition coefficient (Wildman–Crippen LogP) is 2.48. The smallest absolute Gasteiger partial charge is 0.254 e. The lowest BCUT2D eigenvalue weighted by atomic mass is 9.76. The number of Topliss-reactive ketones (excluding diaryl/α,β-unsaturated/α-hetero) is 1. The zero-order valence-electron chi connectivity index (χ0n) is 24.6. The molecule has 0 spiro atoms. The zero-order valence-corrected chi connectivity index (χ0v) is 24.6. The Kier molecular flexibility index (Phi) is 7.53. The number of phenols is 1. The number of phenolic OH excluding ortho intramolecular Hbond substituents is 1. The number of allylic oxidation sites excluding steroid dienone is 1. The van der Waals surface area contributed by atoms with Gasteiger partial charge in [-0.15, -0.1) is 0 Å². The molecule has 3 aromatic rings. The summed E-state index contributed by atoms with van der Waals surface area (Å²) in [6, 6.07) is 10.4. The molecule has 2 fully saturated rings. The molecule has 2 aliphatic carbocycles. The highest BCUT2D eigenvalue weighted by atomic mass is 16.7. The van der Waals surface area contributed by atoms with E-state index in [-0.39, 0.29) is 53.3 Å². The van der Waals surface area contributed by atoms with Gasteiger partial charge in [0.15, 0.2) is 5.78 Å². The first-order valence-corrected chi connectivity index (χ1v) is 15.2. The van der Waals surface area contributed by atoms with Crippen LogP contribution < -0.4 is 9.47 Å². The summed E-state index contributed by atoms with van der Waals surface area (Å²) in [6.45, 7) is -0.599. The van der Waals surface area contributed by atoms with Crippen molar-refractivity contribution in [3.63, 3.8) is 0 Å². The highest BCUT2D eigenvalue weighted by Gasteiger charge is 2.45. The second-order valence-corrected chi connectivity index (χ2v) is 12.2. The molecule has 7 rings (SSSR count). The molecule has 1 saturated carbocycles. The maximum Gasteiger partial charge on any atom is 0.254 e. The van der Waals surface area contributed by atoms with E-state index in [1.165, 1.54) is 18.1 Å². The van der Waals surface area contributed by atoms with Crippen LogP contribution in [-0.2, 0) is 11.3 Å². The Morgan fingerprint density at radius 1 is 1.09 bits per heavy atom. The van der Waals surface area contributed by atoms with Crippen LogP contribution in [0.1, 0.15) is 62.6 Å². The number of rotatable bonds is 7. The summed E-state index contributed by atoms with van der Waals surface area (Å²) in [5.74, 6) is -0.438. The first kappa shape index (κ1) is 29.7. The largest absolute Gasteiger partial charge is 0.506 e. The van der Waals surface area contributed by atoms with Crippen molar-refractivity contribution in [3.8, 4) is 17.2 Å². The molecule has 2 heterocycles. The van der Waals surface area contributed by atoms with Gasteiger partial charge in [0.1, 0.15) is 41.7 Å². The fraction of sp³-hybridized carbons (Fsp3) is 0.412. The van der Waals surface area contributed by atoms with Crippen LogP contribution in [0.4, 0.5) is 0 Å². The molecule has 1 amide bonds. The third-order valence-electron chi connectivity index (χ3n) is 9.69. The average Bonchev–Trinajstić information content (AvgIpc) is 3.65. The van der Waals surface area contributed by atoms with Gasteiger partial charge in [0.05, 0.1) is 31.2 Å². The molecular formula is C34H35NO10. The lowest BCUT2D eigenvalue weighted by Gasteiger charge is -2.39. The minimum absolute atomic E-state index is 0.00497. The van der Waals surface area contributed by atoms with Crippen LogP contribution in [0.5, 0.6) is 17.2 Å². The van der Waals surface area contributed by atoms with Gasteiger partial charge in [0.2, 0.25) is 6.29 Å². The third-order valence-corrected chi connectivity index (χ3v) is 9.69.